The van der Waals surface area contributed by atoms with E-state index < -0.39 is 0 Å². The van der Waals surface area contributed by atoms with Gasteiger partial charge in [-0.1, -0.05) is 19.4 Å². The van der Waals surface area contributed by atoms with Crippen LogP contribution in [0, 0.1) is 0 Å². The largest absolute Gasteiger partial charge is 0.345 e. The van der Waals surface area contributed by atoms with E-state index in [2.05, 4.69) is 18.4 Å². The summed E-state index contributed by atoms with van der Waals surface area (Å²) in [6.45, 7) is 2.86. The van der Waals surface area contributed by atoms with Crippen LogP contribution in [0.5, 0.6) is 0 Å². The van der Waals surface area contributed by atoms with Crippen LogP contribution >= 0.6 is 11.3 Å². The Labute approximate surface area is 108 Å². The Morgan fingerprint density at radius 1 is 1.59 bits per heavy atom. The second-order valence-electron chi connectivity index (χ2n) is 4.40. The molecule has 0 spiro atoms. The van der Waals surface area contributed by atoms with E-state index in [-0.39, 0.29) is 11.9 Å². The van der Waals surface area contributed by atoms with E-state index in [0.29, 0.717) is 6.42 Å². The van der Waals surface area contributed by atoms with E-state index in [0.717, 1.165) is 25.8 Å². The van der Waals surface area contributed by atoms with Crippen LogP contribution in [0.15, 0.2) is 17.5 Å². The van der Waals surface area contributed by atoms with Crippen molar-refractivity contribution in [3.8, 4) is 0 Å². The van der Waals surface area contributed by atoms with Gasteiger partial charge in [0.2, 0.25) is 5.91 Å². The van der Waals surface area contributed by atoms with Gasteiger partial charge in [0.25, 0.3) is 0 Å². The number of hydrogen-bond donors (Lipinski definition) is 1. The van der Waals surface area contributed by atoms with Crippen LogP contribution in [0.25, 0.3) is 0 Å². The van der Waals surface area contributed by atoms with Crippen molar-refractivity contribution < 1.29 is 4.79 Å². The lowest BCUT2D eigenvalue weighted by molar-refractivity contribution is -0.130. The van der Waals surface area contributed by atoms with E-state index in [9.17, 15) is 4.79 Å². The van der Waals surface area contributed by atoms with Crippen LogP contribution in [0.3, 0.4) is 0 Å². The lowest BCUT2D eigenvalue weighted by Crippen LogP contribution is -2.34. The fraction of sp³-hybridized carbons (Fsp3) is 0.615. The van der Waals surface area contributed by atoms with Crippen LogP contribution < -0.4 is 5.73 Å². The Hall–Kier alpha value is -0.870. The average molecular weight is 254 g/mol. The number of carbonyl (C=O) groups is 1. The third-order valence-corrected chi connectivity index (χ3v) is 3.73. The molecule has 0 bridgehead atoms. The van der Waals surface area contributed by atoms with Gasteiger partial charge >= 0.3 is 0 Å². The monoisotopic (exact) mass is 254 g/mol. The number of nitrogens with zero attached hydrogens (tertiary/aromatic N) is 1. The van der Waals surface area contributed by atoms with Gasteiger partial charge < -0.3 is 10.6 Å². The van der Waals surface area contributed by atoms with Crippen molar-refractivity contribution in [2.45, 2.75) is 38.6 Å². The van der Waals surface area contributed by atoms with Crippen molar-refractivity contribution in [1.29, 1.82) is 0 Å². The molecule has 1 rings (SSSR count). The smallest absolute Gasteiger partial charge is 0.223 e. The molecule has 0 radical (unpaired) electrons. The lowest BCUT2D eigenvalue weighted by atomic mass is 10.1. The second kappa shape index (κ2) is 7.45. The molecule has 0 aliphatic carbocycles. The van der Waals surface area contributed by atoms with Crippen molar-refractivity contribution in [3.63, 3.8) is 0 Å². The summed E-state index contributed by atoms with van der Waals surface area (Å²) in [7, 11) is 1.86. The first-order valence-electron chi connectivity index (χ1n) is 6.15. The molecule has 17 heavy (non-hydrogen) atoms. The molecular weight excluding hydrogens is 232 g/mol. The van der Waals surface area contributed by atoms with E-state index in [1.54, 1.807) is 16.2 Å². The molecule has 1 unspecified atom stereocenters. The highest BCUT2D eigenvalue weighted by Crippen LogP contribution is 2.10. The minimum absolute atomic E-state index is 0.0108. The summed E-state index contributed by atoms with van der Waals surface area (Å²) in [6, 6.07) is 4.15. The van der Waals surface area contributed by atoms with E-state index >= 15 is 0 Å². The van der Waals surface area contributed by atoms with Gasteiger partial charge in [-0.2, -0.15) is 0 Å². The molecule has 1 atom stereocenters. The van der Waals surface area contributed by atoms with Crippen molar-refractivity contribution >= 4 is 17.2 Å². The third-order valence-electron chi connectivity index (χ3n) is 2.80. The molecule has 1 aromatic rings. The second-order valence-corrected chi connectivity index (χ2v) is 5.43. The van der Waals surface area contributed by atoms with Crippen molar-refractivity contribution in [2.75, 3.05) is 13.6 Å². The molecule has 1 amide bonds. The molecule has 0 saturated carbocycles. The minimum Gasteiger partial charge on any atom is -0.345 e. The molecule has 0 fully saturated rings. The lowest BCUT2D eigenvalue weighted by Gasteiger charge is -2.19. The Morgan fingerprint density at radius 3 is 2.94 bits per heavy atom. The highest BCUT2D eigenvalue weighted by atomic mass is 32.1. The Morgan fingerprint density at radius 2 is 2.35 bits per heavy atom. The molecule has 0 aromatic carbocycles. The van der Waals surface area contributed by atoms with Crippen molar-refractivity contribution in [1.82, 2.24) is 4.90 Å². The molecule has 0 saturated heterocycles. The maximum Gasteiger partial charge on any atom is 0.223 e. The molecule has 0 aliphatic heterocycles. The first-order chi connectivity index (χ1) is 8.13. The first kappa shape index (κ1) is 14.2. The summed E-state index contributed by atoms with van der Waals surface area (Å²) in [5.74, 6) is 0.155. The van der Waals surface area contributed by atoms with Gasteiger partial charge in [0, 0.05) is 30.9 Å². The van der Waals surface area contributed by atoms with E-state index in [1.165, 1.54) is 4.88 Å². The van der Waals surface area contributed by atoms with E-state index in [4.69, 9.17) is 5.73 Å². The van der Waals surface area contributed by atoms with Gasteiger partial charge in [0.15, 0.2) is 0 Å². The molecule has 3 nitrogen and oxygen atoms in total. The van der Waals surface area contributed by atoms with Gasteiger partial charge in [0.1, 0.15) is 0 Å². The number of carbonyl (C=O) groups excluding carboxylic acids is 1. The predicted molar refractivity (Wildman–Crippen MR) is 73.2 cm³/mol. The van der Waals surface area contributed by atoms with Crippen LogP contribution in [-0.4, -0.2) is 30.4 Å². The van der Waals surface area contributed by atoms with Crippen molar-refractivity contribution in [2.24, 2.45) is 5.73 Å². The van der Waals surface area contributed by atoms with Crippen LogP contribution in [-0.2, 0) is 11.2 Å². The average Bonchev–Trinajstić information content (AvgIpc) is 2.78. The van der Waals surface area contributed by atoms with E-state index in [1.807, 2.05) is 13.1 Å². The van der Waals surface area contributed by atoms with Crippen LogP contribution in [0.4, 0.5) is 0 Å². The molecule has 96 valence electrons. The SMILES string of the molecule is CCCC(N)CC(=O)N(C)CCc1cccs1. The standard InChI is InChI=1S/C13H22N2OS/c1-3-5-11(14)10-13(16)15(2)8-7-12-6-4-9-17-12/h4,6,9,11H,3,5,7-8,10,14H2,1-2H3. The Bertz CT molecular complexity index is 324. The molecule has 2 N–H and O–H groups in total. The number of nitrogens with two attached hydrogens (primary N) is 1. The number of amides is 1. The zero-order chi connectivity index (χ0) is 12.7. The quantitative estimate of drug-likeness (QED) is 0.811. The van der Waals surface area contributed by atoms with Crippen LogP contribution in [0.2, 0.25) is 0 Å². The molecular formula is C13H22N2OS. The fourth-order valence-corrected chi connectivity index (χ4v) is 2.41. The first-order valence-corrected chi connectivity index (χ1v) is 7.03. The number of rotatable bonds is 7. The van der Waals surface area contributed by atoms with Gasteiger partial charge in [0.05, 0.1) is 0 Å². The number of likely N-dealkylation sites (N-methyl/N-ethyl adjacent to an activating group) is 1. The third kappa shape index (κ3) is 5.33. The zero-order valence-corrected chi connectivity index (χ0v) is 11.5. The highest BCUT2D eigenvalue weighted by molar-refractivity contribution is 7.09. The summed E-state index contributed by atoms with van der Waals surface area (Å²) in [5.41, 5.74) is 5.87. The summed E-state index contributed by atoms with van der Waals surface area (Å²) in [6.07, 6.45) is 3.36. The normalized spacial score (nSPS) is 12.4. The predicted octanol–water partition coefficient (Wildman–Crippen LogP) is 2.27. The summed E-state index contributed by atoms with van der Waals surface area (Å²) in [5, 5.41) is 2.06. The fourth-order valence-electron chi connectivity index (χ4n) is 1.71. The maximum atomic E-state index is 11.8. The van der Waals surface area contributed by atoms with Gasteiger partial charge in [-0.3, -0.25) is 4.79 Å². The van der Waals surface area contributed by atoms with Crippen LogP contribution in [0.1, 0.15) is 31.1 Å². The Kier molecular flexibility index (Phi) is 6.22. The van der Waals surface area contributed by atoms with Gasteiger partial charge in [-0.15, -0.1) is 11.3 Å². The zero-order valence-electron chi connectivity index (χ0n) is 10.7. The molecule has 4 heteroatoms. The molecule has 1 heterocycles. The van der Waals surface area contributed by atoms with Gasteiger partial charge in [-0.25, -0.2) is 0 Å². The number of hydrogen-bond acceptors (Lipinski definition) is 3. The summed E-state index contributed by atoms with van der Waals surface area (Å²) >= 11 is 1.74. The number of thiophene rings is 1. The van der Waals surface area contributed by atoms with Crippen molar-refractivity contribution in [3.05, 3.63) is 22.4 Å². The Balaban J connectivity index is 2.26. The molecule has 1 aromatic heterocycles. The maximum absolute atomic E-state index is 11.8. The minimum atomic E-state index is 0.0108. The summed E-state index contributed by atoms with van der Waals surface area (Å²) in [4.78, 5) is 14.9. The van der Waals surface area contributed by atoms with Gasteiger partial charge in [-0.05, 0) is 24.3 Å². The topological polar surface area (TPSA) is 46.3 Å². The highest BCUT2D eigenvalue weighted by Gasteiger charge is 2.13. The molecule has 0 aliphatic rings. The summed E-state index contributed by atoms with van der Waals surface area (Å²) < 4.78 is 0.